The molecule has 0 aliphatic rings. The van der Waals surface area contributed by atoms with Crippen molar-refractivity contribution in [2.24, 2.45) is 11.5 Å². The van der Waals surface area contributed by atoms with Crippen LogP contribution in [-0.4, -0.2) is 39.3 Å². The minimum atomic E-state index is -4.72. The van der Waals surface area contributed by atoms with Gasteiger partial charge in [0.2, 0.25) is 5.91 Å². The molecule has 0 saturated carbocycles. The summed E-state index contributed by atoms with van der Waals surface area (Å²) < 4.78 is 39.7. The molecule has 6 N–H and O–H groups in total. The minimum absolute atomic E-state index is 0.0141. The Hall–Kier alpha value is -4.07. The molecule has 0 spiro atoms. The number of aromatic nitrogens is 3. The van der Waals surface area contributed by atoms with E-state index in [0.717, 1.165) is 5.38 Å². The van der Waals surface area contributed by atoms with E-state index in [1.807, 2.05) is 0 Å². The summed E-state index contributed by atoms with van der Waals surface area (Å²) in [5, 5.41) is 5.64. The Labute approximate surface area is 194 Å². The van der Waals surface area contributed by atoms with Gasteiger partial charge in [0.1, 0.15) is 5.01 Å². The van der Waals surface area contributed by atoms with Crippen molar-refractivity contribution in [1.82, 2.24) is 25.6 Å². The third kappa shape index (κ3) is 5.28. The molecule has 0 saturated heterocycles. The van der Waals surface area contributed by atoms with Gasteiger partial charge >= 0.3 is 12.2 Å². The minimum Gasteiger partial charge on any atom is -0.366 e. The molecule has 0 bridgehead atoms. The first-order chi connectivity index (χ1) is 16.0. The Morgan fingerprint density at radius 3 is 2.41 bits per heavy atom. The maximum atomic E-state index is 13.2. The van der Waals surface area contributed by atoms with E-state index in [0.29, 0.717) is 17.9 Å². The number of thiazole rings is 1. The summed E-state index contributed by atoms with van der Waals surface area (Å²) in [6.45, 7) is 1.80. The van der Waals surface area contributed by atoms with Crippen molar-refractivity contribution in [1.29, 1.82) is 0 Å². The monoisotopic (exact) mass is 493 g/mol. The van der Waals surface area contributed by atoms with Crippen molar-refractivity contribution in [3.8, 4) is 21.7 Å². The van der Waals surface area contributed by atoms with Crippen LogP contribution in [0.5, 0.6) is 0 Å². The van der Waals surface area contributed by atoms with Crippen LogP contribution in [0.2, 0.25) is 0 Å². The lowest BCUT2D eigenvalue weighted by atomic mass is 9.95. The number of carbonyl (C=O) groups excluding carboxylic acids is 3. The standard InChI is InChI=1S/C20H18F3N7O3S/c1-2-27-19(33)29-7-12-15(17(25)32)14(18-30-13(8-34-18)20(21,22)23)11(6-28-12)9-3-10(16(24)31)5-26-4-9/h3-6,8H,2,7H2,1H3,(H2,24,31)(H2,25,32)(H2,27,29,33). The van der Waals surface area contributed by atoms with Crippen LogP contribution in [-0.2, 0) is 12.7 Å². The van der Waals surface area contributed by atoms with Gasteiger partial charge in [-0.15, -0.1) is 11.3 Å². The van der Waals surface area contributed by atoms with Gasteiger partial charge in [-0.2, -0.15) is 13.2 Å². The third-order valence-corrected chi connectivity index (χ3v) is 5.36. The lowest BCUT2D eigenvalue weighted by Crippen LogP contribution is -2.35. The summed E-state index contributed by atoms with van der Waals surface area (Å²) in [5.41, 5.74) is 9.90. The second-order valence-electron chi connectivity index (χ2n) is 6.81. The number of pyridine rings is 2. The van der Waals surface area contributed by atoms with Crippen molar-refractivity contribution >= 4 is 29.2 Å². The Balaban J connectivity index is 2.25. The highest BCUT2D eigenvalue weighted by Gasteiger charge is 2.35. The second-order valence-corrected chi connectivity index (χ2v) is 7.67. The average Bonchev–Trinajstić information content (AvgIpc) is 3.28. The van der Waals surface area contributed by atoms with Crippen LogP contribution in [0.15, 0.2) is 30.0 Å². The van der Waals surface area contributed by atoms with E-state index in [1.165, 1.54) is 24.7 Å². The highest BCUT2D eigenvalue weighted by molar-refractivity contribution is 7.13. The van der Waals surface area contributed by atoms with E-state index in [2.05, 4.69) is 25.6 Å². The highest BCUT2D eigenvalue weighted by Crippen LogP contribution is 2.40. The summed E-state index contributed by atoms with van der Waals surface area (Å²) in [4.78, 5) is 47.6. The molecule has 3 aromatic heterocycles. The number of primary amides is 2. The highest BCUT2D eigenvalue weighted by atomic mass is 32.1. The largest absolute Gasteiger partial charge is 0.434 e. The number of alkyl halides is 3. The Morgan fingerprint density at radius 2 is 1.82 bits per heavy atom. The molecule has 0 unspecified atom stereocenters. The normalized spacial score (nSPS) is 11.2. The third-order valence-electron chi connectivity index (χ3n) is 4.50. The molecule has 0 radical (unpaired) electrons. The molecule has 0 aromatic carbocycles. The van der Waals surface area contributed by atoms with Crippen LogP contribution in [0.4, 0.5) is 18.0 Å². The number of urea groups is 1. The lowest BCUT2D eigenvalue weighted by Gasteiger charge is -2.16. The first kappa shape index (κ1) is 24.6. The number of hydrogen-bond donors (Lipinski definition) is 4. The van der Waals surface area contributed by atoms with E-state index >= 15 is 0 Å². The second kappa shape index (κ2) is 9.82. The maximum Gasteiger partial charge on any atom is 0.434 e. The fraction of sp³-hybridized carbons (Fsp3) is 0.200. The quantitative estimate of drug-likeness (QED) is 0.394. The molecule has 0 fully saturated rings. The van der Waals surface area contributed by atoms with Crippen molar-refractivity contribution in [2.75, 3.05) is 6.54 Å². The molecular weight excluding hydrogens is 475 g/mol. The van der Waals surface area contributed by atoms with Crippen LogP contribution in [0.3, 0.4) is 0 Å². The smallest absolute Gasteiger partial charge is 0.366 e. The number of nitrogens with zero attached hydrogens (tertiary/aromatic N) is 3. The molecule has 14 heteroatoms. The van der Waals surface area contributed by atoms with E-state index in [4.69, 9.17) is 11.5 Å². The first-order valence-corrected chi connectivity index (χ1v) is 10.5. The number of nitrogens with one attached hydrogen (secondary N) is 2. The van der Waals surface area contributed by atoms with Crippen LogP contribution in [0.25, 0.3) is 21.7 Å². The first-order valence-electron chi connectivity index (χ1n) is 9.64. The molecule has 34 heavy (non-hydrogen) atoms. The molecule has 0 atom stereocenters. The van der Waals surface area contributed by atoms with Gasteiger partial charge in [0.25, 0.3) is 5.91 Å². The van der Waals surface area contributed by atoms with Gasteiger partial charge in [0, 0.05) is 47.2 Å². The topological polar surface area (TPSA) is 166 Å². The SMILES string of the molecule is CCNC(=O)NCc1ncc(-c2cncc(C(N)=O)c2)c(-c2nc(C(F)(F)F)cs2)c1C(N)=O. The average molecular weight is 493 g/mol. The molecule has 10 nitrogen and oxygen atoms in total. The van der Waals surface area contributed by atoms with Gasteiger partial charge < -0.3 is 22.1 Å². The van der Waals surface area contributed by atoms with E-state index in [-0.39, 0.29) is 45.1 Å². The van der Waals surface area contributed by atoms with Crippen molar-refractivity contribution in [2.45, 2.75) is 19.6 Å². The molecule has 3 rings (SSSR count). The predicted molar refractivity (Wildman–Crippen MR) is 117 cm³/mol. The van der Waals surface area contributed by atoms with E-state index in [1.54, 1.807) is 6.92 Å². The van der Waals surface area contributed by atoms with Gasteiger partial charge in [0.15, 0.2) is 5.69 Å². The molecule has 3 aromatic rings. The zero-order valence-electron chi connectivity index (χ0n) is 17.6. The Bertz CT molecular complexity index is 1260. The number of nitrogens with two attached hydrogens (primary N) is 2. The Kier molecular flexibility index (Phi) is 7.10. The summed E-state index contributed by atoms with van der Waals surface area (Å²) in [5.74, 6) is -1.78. The number of hydrogen-bond acceptors (Lipinski definition) is 7. The summed E-state index contributed by atoms with van der Waals surface area (Å²) in [6.07, 6.45) is -0.913. The van der Waals surface area contributed by atoms with Gasteiger partial charge in [0.05, 0.1) is 23.4 Å². The number of carbonyl (C=O) groups is 3. The maximum absolute atomic E-state index is 13.2. The molecule has 3 heterocycles. The zero-order valence-corrected chi connectivity index (χ0v) is 18.4. The molecule has 0 aliphatic heterocycles. The number of halogens is 3. The Morgan fingerprint density at radius 1 is 1.09 bits per heavy atom. The van der Waals surface area contributed by atoms with E-state index in [9.17, 15) is 27.6 Å². The van der Waals surface area contributed by atoms with E-state index < -0.39 is 29.7 Å². The fourth-order valence-corrected chi connectivity index (χ4v) is 3.91. The van der Waals surface area contributed by atoms with Crippen LogP contribution < -0.4 is 22.1 Å². The van der Waals surface area contributed by atoms with Crippen molar-refractivity contribution < 1.29 is 27.6 Å². The number of amides is 4. The molecule has 178 valence electrons. The van der Waals surface area contributed by atoms with Gasteiger partial charge in [-0.1, -0.05) is 0 Å². The predicted octanol–water partition coefficient (Wildman–Crippen LogP) is 2.30. The van der Waals surface area contributed by atoms with Gasteiger partial charge in [-0.3, -0.25) is 19.6 Å². The molecular formula is C20H18F3N7O3S. The molecule has 0 aliphatic carbocycles. The van der Waals surface area contributed by atoms with Crippen LogP contribution in [0.1, 0.15) is 39.0 Å². The zero-order chi connectivity index (χ0) is 25.0. The fourth-order valence-electron chi connectivity index (χ4n) is 3.02. The van der Waals surface area contributed by atoms with Gasteiger partial charge in [-0.05, 0) is 13.0 Å². The van der Waals surface area contributed by atoms with Crippen LogP contribution in [0, 0.1) is 0 Å². The molecule has 4 amide bonds. The van der Waals surface area contributed by atoms with Crippen LogP contribution >= 0.6 is 11.3 Å². The summed E-state index contributed by atoms with van der Waals surface area (Å²) in [7, 11) is 0. The van der Waals surface area contributed by atoms with Crippen molar-refractivity contribution in [3.63, 3.8) is 0 Å². The number of rotatable bonds is 7. The summed E-state index contributed by atoms with van der Waals surface area (Å²) >= 11 is 0.643. The van der Waals surface area contributed by atoms with Gasteiger partial charge in [-0.25, -0.2) is 9.78 Å². The summed E-state index contributed by atoms with van der Waals surface area (Å²) in [6, 6.07) is 0.809. The lowest BCUT2D eigenvalue weighted by molar-refractivity contribution is -0.140. The van der Waals surface area contributed by atoms with Crippen molar-refractivity contribution in [3.05, 3.63) is 52.6 Å².